The van der Waals surface area contributed by atoms with E-state index in [1.54, 1.807) is 19.1 Å². The minimum Gasteiger partial charge on any atom is -0.482 e. The summed E-state index contributed by atoms with van der Waals surface area (Å²) in [7, 11) is 0. The number of hydrogen-bond acceptors (Lipinski definition) is 5. The fraction of sp³-hybridized carbons (Fsp3) is 0.429. The van der Waals surface area contributed by atoms with Crippen LogP contribution < -0.4 is 15.8 Å². The highest BCUT2D eigenvalue weighted by atomic mass is 35.5. The van der Waals surface area contributed by atoms with Crippen molar-refractivity contribution in [2.45, 2.75) is 13.3 Å². The Kier molecular flexibility index (Phi) is 10.0. The first-order valence-electron chi connectivity index (χ1n) is 6.49. The van der Waals surface area contributed by atoms with E-state index in [9.17, 15) is 9.59 Å². The molecule has 7 heteroatoms. The van der Waals surface area contributed by atoms with Crippen LogP contribution in [0.25, 0.3) is 0 Å². The smallest absolute Gasteiger partial charge is 0.344 e. The van der Waals surface area contributed by atoms with Crippen molar-refractivity contribution in [2.75, 3.05) is 26.3 Å². The van der Waals surface area contributed by atoms with Gasteiger partial charge in [0.1, 0.15) is 5.75 Å². The third-order valence-corrected chi connectivity index (χ3v) is 2.51. The van der Waals surface area contributed by atoms with Crippen molar-refractivity contribution < 1.29 is 19.1 Å². The van der Waals surface area contributed by atoms with Gasteiger partial charge in [-0.05, 0) is 31.0 Å². The van der Waals surface area contributed by atoms with Gasteiger partial charge in [-0.25, -0.2) is 4.79 Å². The number of rotatable bonds is 8. The molecule has 0 unspecified atom stereocenters. The molecule has 0 aromatic heterocycles. The second-order valence-electron chi connectivity index (χ2n) is 4.04. The normalized spacial score (nSPS) is 9.43. The van der Waals surface area contributed by atoms with Gasteiger partial charge in [0, 0.05) is 6.54 Å². The van der Waals surface area contributed by atoms with Crippen LogP contribution in [-0.4, -0.2) is 38.2 Å². The SMILES string of the molecule is CCOC(=O)COc1ccc(CCNC(=O)CN)cc1.Cl. The molecule has 21 heavy (non-hydrogen) atoms. The molecule has 1 aromatic rings. The molecule has 3 N–H and O–H groups in total. The molecule has 0 saturated heterocycles. The van der Waals surface area contributed by atoms with Crippen molar-refractivity contribution in [1.82, 2.24) is 5.32 Å². The fourth-order valence-electron chi connectivity index (χ4n) is 1.52. The fourth-order valence-corrected chi connectivity index (χ4v) is 1.52. The first kappa shape index (κ1) is 19.2. The number of nitrogens with one attached hydrogen (secondary N) is 1. The molecule has 1 rings (SSSR count). The molecule has 1 aromatic carbocycles. The summed E-state index contributed by atoms with van der Waals surface area (Å²) < 4.78 is 10.0. The summed E-state index contributed by atoms with van der Waals surface area (Å²) in [6.45, 7) is 2.53. The van der Waals surface area contributed by atoms with E-state index in [1.165, 1.54) is 0 Å². The molecule has 0 aliphatic rings. The van der Waals surface area contributed by atoms with Gasteiger partial charge in [-0.1, -0.05) is 12.1 Å². The van der Waals surface area contributed by atoms with Gasteiger partial charge < -0.3 is 20.5 Å². The van der Waals surface area contributed by atoms with E-state index in [0.29, 0.717) is 25.3 Å². The molecule has 0 radical (unpaired) electrons. The molecule has 0 heterocycles. The van der Waals surface area contributed by atoms with Crippen LogP contribution in [0.4, 0.5) is 0 Å². The first-order chi connectivity index (χ1) is 9.65. The molecule has 0 atom stereocenters. The quantitative estimate of drug-likeness (QED) is 0.688. The highest BCUT2D eigenvalue weighted by Gasteiger charge is 2.03. The van der Waals surface area contributed by atoms with E-state index >= 15 is 0 Å². The lowest BCUT2D eigenvalue weighted by molar-refractivity contribution is -0.145. The Morgan fingerprint density at radius 1 is 1.24 bits per heavy atom. The van der Waals surface area contributed by atoms with Gasteiger partial charge in [0.05, 0.1) is 13.2 Å². The number of halogens is 1. The minimum atomic E-state index is -0.388. The number of hydrogen-bond donors (Lipinski definition) is 2. The Morgan fingerprint density at radius 3 is 2.48 bits per heavy atom. The van der Waals surface area contributed by atoms with Gasteiger partial charge in [0.25, 0.3) is 0 Å². The van der Waals surface area contributed by atoms with Crippen molar-refractivity contribution in [3.63, 3.8) is 0 Å². The van der Waals surface area contributed by atoms with Crippen molar-refractivity contribution in [1.29, 1.82) is 0 Å². The summed E-state index contributed by atoms with van der Waals surface area (Å²) in [5, 5.41) is 2.69. The summed E-state index contributed by atoms with van der Waals surface area (Å²) in [4.78, 5) is 22.1. The lowest BCUT2D eigenvalue weighted by Crippen LogP contribution is -2.31. The zero-order valence-corrected chi connectivity index (χ0v) is 12.8. The first-order valence-corrected chi connectivity index (χ1v) is 6.49. The lowest BCUT2D eigenvalue weighted by atomic mass is 10.1. The van der Waals surface area contributed by atoms with E-state index in [1.807, 2.05) is 12.1 Å². The number of benzene rings is 1. The highest BCUT2D eigenvalue weighted by Crippen LogP contribution is 2.12. The standard InChI is InChI=1S/C14H20N2O4.ClH/c1-2-19-14(18)10-20-12-5-3-11(4-6-12)7-8-16-13(17)9-15;/h3-6H,2,7-10,15H2,1H3,(H,16,17);1H. The van der Waals surface area contributed by atoms with E-state index in [2.05, 4.69) is 5.32 Å². The average Bonchev–Trinajstić information content (AvgIpc) is 2.46. The van der Waals surface area contributed by atoms with Crippen molar-refractivity contribution >= 4 is 24.3 Å². The Bertz CT molecular complexity index is 437. The number of esters is 1. The Labute approximate surface area is 130 Å². The molecular weight excluding hydrogens is 296 g/mol. The molecule has 0 aliphatic carbocycles. The maximum atomic E-state index is 11.1. The summed E-state index contributed by atoms with van der Waals surface area (Å²) in [5.41, 5.74) is 6.25. The van der Waals surface area contributed by atoms with Crippen LogP contribution in [0.5, 0.6) is 5.75 Å². The third kappa shape index (κ3) is 8.16. The Balaban J connectivity index is 0.00000400. The number of carbonyl (C=O) groups is 2. The predicted molar refractivity (Wildman–Crippen MR) is 81.6 cm³/mol. The molecule has 0 spiro atoms. The van der Waals surface area contributed by atoms with Gasteiger partial charge in [-0.3, -0.25) is 4.79 Å². The number of ether oxygens (including phenoxy) is 2. The van der Waals surface area contributed by atoms with Crippen molar-refractivity contribution in [2.24, 2.45) is 5.73 Å². The maximum Gasteiger partial charge on any atom is 0.344 e. The maximum absolute atomic E-state index is 11.1. The van der Waals surface area contributed by atoms with Gasteiger partial charge in [0.2, 0.25) is 5.91 Å². The van der Waals surface area contributed by atoms with Gasteiger partial charge in [0.15, 0.2) is 6.61 Å². The second kappa shape index (κ2) is 10.9. The Morgan fingerprint density at radius 2 is 1.90 bits per heavy atom. The summed E-state index contributed by atoms with van der Waals surface area (Å²) in [5.74, 6) is 0.0493. The number of amides is 1. The van der Waals surface area contributed by atoms with Gasteiger partial charge in [-0.15, -0.1) is 12.4 Å². The molecular formula is C14H21ClN2O4. The van der Waals surface area contributed by atoms with Crippen LogP contribution >= 0.6 is 12.4 Å². The molecule has 118 valence electrons. The molecule has 0 saturated carbocycles. The van der Waals surface area contributed by atoms with E-state index < -0.39 is 0 Å². The monoisotopic (exact) mass is 316 g/mol. The predicted octanol–water partition coefficient (Wildman–Crippen LogP) is 0.668. The van der Waals surface area contributed by atoms with Crippen LogP contribution in [0, 0.1) is 0 Å². The molecule has 0 aliphatic heterocycles. The zero-order chi connectivity index (χ0) is 14.8. The van der Waals surface area contributed by atoms with Crippen molar-refractivity contribution in [3.8, 4) is 5.75 Å². The zero-order valence-electron chi connectivity index (χ0n) is 12.0. The number of carbonyl (C=O) groups excluding carboxylic acids is 2. The molecule has 6 nitrogen and oxygen atoms in total. The van der Waals surface area contributed by atoms with Gasteiger partial charge >= 0.3 is 5.97 Å². The minimum absolute atomic E-state index is 0. The topological polar surface area (TPSA) is 90.6 Å². The number of nitrogens with two attached hydrogens (primary N) is 1. The lowest BCUT2D eigenvalue weighted by Gasteiger charge is -2.07. The van der Waals surface area contributed by atoms with Crippen LogP contribution in [0.15, 0.2) is 24.3 Å². The third-order valence-electron chi connectivity index (χ3n) is 2.51. The largest absolute Gasteiger partial charge is 0.482 e. The van der Waals surface area contributed by atoms with E-state index in [-0.39, 0.29) is 37.4 Å². The van der Waals surface area contributed by atoms with Crippen LogP contribution in [0.3, 0.4) is 0 Å². The van der Waals surface area contributed by atoms with E-state index in [4.69, 9.17) is 15.2 Å². The molecule has 1 amide bonds. The van der Waals surface area contributed by atoms with Crippen LogP contribution in [0.1, 0.15) is 12.5 Å². The molecule has 0 bridgehead atoms. The Hall–Kier alpha value is -1.79. The second-order valence-corrected chi connectivity index (χ2v) is 4.04. The molecule has 0 fully saturated rings. The van der Waals surface area contributed by atoms with Crippen LogP contribution in [-0.2, 0) is 20.7 Å². The van der Waals surface area contributed by atoms with Crippen molar-refractivity contribution in [3.05, 3.63) is 29.8 Å². The summed E-state index contributed by atoms with van der Waals surface area (Å²) in [6, 6.07) is 7.32. The summed E-state index contributed by atoms with van der Waals surface area (Å²) in [6.07, 6.45) is 0.712. The van der Waals surface area contributed by atoms with E-state index in [0.717, 1.165) is 5.56 Å². The van der Waals surface area contributed by atoms with Crippen LogP contribution in [0.2, 0.25) is 0 Å². The summed E-state index contributed by atoms with van der Waals surface area (Å²) >= 11 is 0. The average molecular weight is 317 g/mol. The highest BCUT2D eigenvalue weighted by molar-refractivity contribution is 5.85. The van der Waals surface area contributed by atoms with Gasteiger partial charge in [-0.2, -0.15) is 0 Å².